The minimum absolute atomic E-state index is 0.751. The van der Waals surface area contributed by atoms with Gasteiger partial charge in [0.15, 0.2) is 0 Å². The summed E-state index contributed by atoms with van der Waals surface area (Å²) in [6, 6.07) is 18.9. The molecular formula is C21H24. The van der Waals surface area contributed by atoms with E-state index in [1.54, 1.807) is 22.3 Å². The summed E-state index contributed by atoms with van der Waals surface area (Å²) in [7, 11) is 0. The average Bonchev–Trinajstić information content (AvgIpc) is 2.46. The van der Waals surface area contributed by atoms with E-state index in [1.807, 2.05) is 0 Å². The zero-order chi connectivity index (χ0) is 14.1. The lowest BCUT2D eigenvalue weighted by Crippen LogP contribution is -2.22. The van der Waals surface area contributed by atoms with Crippen LogP contribution in [-0.2, 0) is 12.8 Å². The van der Waals surface area contributed by atoms with Gasteiger partial charge in [-0.2, -0.15) is 0 Å². The van der Waals surface area contributed by atoms with Crippen LogP contribution >= 0.6 is 0 Å². The molecule has 21 heavy (non-hydrogen) atoms. The molecule has 4 rings (SSSR count). The molecule has 108 valence electrons. The zero-order valence-corrected chi connectivity index (χ0v) is 12.7. The van der Waals surface area contributed by atoms with E-state index in [9.17, 15) is 0 Å². The molecule has 0 unspecified atom stereocenters. The molecule has 0 nitrogen and oxygen atoms in total. The van der Waals surface area contributed by atoms with Crippen LogP contribution in [0.4, 0.5) is 0 Å². The van der Waals surface area contributed by atoms with E-state index in [0.717, 1.165) is 11.8 Å². The summed E-state index contributed by atoms with van der Waals surface area (Å²) < 4.78 is 0. The number of hydrogen-bond acceptors (Lipinski definition) is 0. The molecule has 0 aliphatic heterocycles. The van der Waals surface area contributed by atoms with Crippen LogP contribution in [0.3, 0.4) is 0 Å². The predicted molar refractivity (Wildman–Crippen MR) is 88.9 cm³/mol. The van der Waals surface area contributed by atoms with Crippen molar-refractivity contribution in [1.29, 1.82) is 0 Å². The second-order valence-corrected chi connectivity index (χ2v) is 6.84. The molecule has 2 atom stereocenters. The Kier molecular flexibility index (Phi) is 3.55. The SMILES string of the molecule is c1cc2cc(c1)[C@H]1CC[C@H]1c1cccc(c1)CCCCC2. The molecule has 1 fully saturated rings. The molecule has 0 saturated heterocycles. The molecule has 2 aliphatic rings. The largest absolute Gasteiger partial charge is 0.0617 e. The zero-order valence-electron chi connectivity index (χ0n) is 12.7. The van der Waals surface area contributed by atoms with Crippen LogP contribution in [0.15, 0.2) is 48.5 Å². The van der Waals surface area contributed by atoms with Crippen molar-refractivity contribution in [3.8, 4) is 0 Å². The van der Waals surface area contributed by atoms with E-state index in [0.29, 0.717) is 0 Å². The number of benzene rings is 2. The maximum absolute atomic E-state index is 2.48. The molecule has 0 radical (unpaired) electrons. The van der Waals surface area contributed by atoms with Gasteiger partial charge >= 0.3 is 0 Å². The van der Waals surface area contributed by atoms with Crippen molar-refractivity contribution in [2.75, 3.05) is 0 Å². The number of fused-ring (bicyclic) bond motifs is 7. The van der Waals surface area contributed by atoms with Crippen molar-refractivity contribution < 1.29 is 0 Å². The molecule has 2 aromatic carbocycles. The lowest BCUT2D eigenvalue weighted by molar-refractivity contribution is 0.346. The van der Waals surface area contributed by atoms with Crippen LogP contribution in [0.5, 0.6) is 0 Å². The van der Waals surface area contributed by atoms with Crippen molar-refractivity contribution in [2.45, 2.75) is 56.8 Å². The first-order valence-corrected chi connectivity index (χ1v) is 8.58. The quantitative estimate of drug-likeness (QED) is 0.586. The highest BCUT2D eigenvalue weighted by Gasteiger charge is 2.33. The summed E-state index contributed by atoms with van der Waals surface area (Å²) >= 11 is 0. The van der Waals surface area contributed by atoms with E-state index in [1.165, 1.54) is 44.9 Å². The van der Waals surface area contributed by atoms with Crippen LogP contribution < -0.4 is 0 Å². The molecular weight excluding hydrogens is 252 g/mol. The average molecular weight is 276 g/mol. The number of hydrogen-bond donors (Lipinski definition) is 0. The summed E-state index contributed by atoms with van der Waals surface area (Å²) in [6.07, 6.45) is 9.23. The van der Waals surface area contributed by atoms with Gasteiger partial charge in [-0.05, 0) is 72.6 Å². The van der Waals surface area contributed by atoms with E-state index in [-0.39, 0.29) is 0 Å². The third kappa shape index (κ3) is 2.64. The van der Waals surface area contributed by atoms with E-state index in [4.69, 9.17) is 0 Å². The first-order valence-electron chi connectivity index (χ1n) is 8.58. The highest BCUT2D eigenvalue weighted by atomic mass is 14.4. The summed E-state index contributed by atoms with van der Waals surface area (Å²) in [5.74, 6) is 1.50. The topological polar surface area (TPSA) is 0 Å². The van der Waals surface area contributed by atoms with Gasteiger partial charge in [0, 0.05) is 0 Å². The Morgan fingerprint density at radius 1 is 0.619 bits per heavy atom. The fraction of sp³-hybridized carbons (Fsp3) is 0.429. The van der Waals surface area contributed by atoms with Crippen LogP contribution in [0, 0.1) is 0 Å². The standard InChI is InChI=1S/C21H24/c1-2-6-16-8-4-10-18(14-16)20-12-13-21(20)19-11-5-9-17(15-19)7-3-1/h4-5,8-11,14-15,20-21H,1-3,6-7,12-13H2/t20-,21+. The lowest BCUT2D eigenvalue weighted by atomic mass is 9.66. The van der Waals surface area contributed by atoms with Gasteiger partial charge in [-0.25, -0.2) is 0 Å². The molecule has 2 aromatic rings. The summed E-state index contributed by atoms with van der Waals surface area (Å²) in [4.78, 5) is 0. The molecule has 0 aromatic heterocycles. The Hall–Kier alpha value is -1.56. The van der Waals surface area contributed by atoms with Crippen LogP contribution in [-0.4, -0.2) is 0 Å². The van der Waals surface area contributed by atoms with Gasteiger partial charge in [-0.3, -0.25) is 0 Å². The lowest BCUT2D eigenvalue weighted by Gasteiger charge is -2.38. The summed E-state index contributed by atoms with van der Waals surface area (Å²) in [5.41, 5.74) is 6.25. The van der Waals surface area contributed by atoms with Crippen molar-refractivity contribution in [2.24, 2.45) is 0 Å². The van der Waals surface area contributed by atoms with Gasteiger partial charge < -0.3 is 0 Å². The molecule has 0 amide bonds. The predicted octanol–water partition coefficient (Wildman–Crippen LogP) is 5.62. The molecule has 2 aliphatic carbocycles. The van der Waals surface area contributed by atoms with Gasteiger partial charge in [0.1, 0.15) is 0 Å². The third-order valence-corrected chi connectivity index (χ3v) is 5.46. The maximum Gasteiger partial charge on any atom is -0.00928 e. The smallest absolute Gasteiger partial charge is 0.00928 e. The summed E-state index contributed by atoms with van der Waals surface area (Å²) in [5, 5.41) is 0. The van der Waals surface area contributed by atoms with Crippen LogP contribution in [0.2, 0.25) is 0 Å². The molecule has 4 bridgehead atoms. The second-order valence-electron chi connectivity index (χ2n) is 6.84. The molecule has 0 spiro atoms. The van der Waals surface area contributed by atoms with Gasteiger partial charge in [0.2, 0.25) is 0 Å². The maximum atomic E-state index is 2.48. The Bertz CT molecular complexity index is 570. The van der Waals surface area contributed by atoms with E-state index < -0.39 is 0 Å². The number of rotatable bonds is 0. The summed E-state index contributed by atoms with van der Waals surface area (Å²) in [6.45, 7) is 0. The van der Waals surface area contributed by atoms with Crippen LogP contribution in [0.1, 0.15) is 66.2 Å². The minimum Gasteiger partial charge on any atom is -0.0617 e. The van der Waals surface area contributed by atoms with Gasteiger partial charge in [0.25, 0.3) is 0 Å². The number of aryl methyl sites for hydroxylation is 2. The highest BCUT2D eigenvalue weighted by Crippen LogP contribution is 2.49. The fourth-order valence-electron chi connectivity index (χ4n) is 4.09. The monoisotopic (exact) mass is 276 g/mol. The Morgan fingerprint density at radius 3 is 1.62 bits per heavy atom. The Balaban J connectivity index is 1.71. The van der Waals surface area contributed by atoms with Crippen molar-refractivity contribution in [3.05, 3.63) is 70.8 Å². The van der Waals surface area contributed by atoms with E-state index in [2.05, 4.69) is 48.5 Å². The molecule has 0 heterocycles. The third-order valence-electron chi connectivity index (χ3n) is 5.46. The molecule has 0 N–H and O–H groups in total. The van der Waals surface area contributed by atoms with Gasteiger partial charge in [-0.15, -0.1) is 0 Å². The first-order chi connectivity index (χ1) is 10.4. The second kappa shape index (κ2) is 5.67. The van der Waals surface area contributed by atoms with Crippen molar-refractivity contribution >= 4 is 0 Å². The van der Waals surface area contributed by atoms with Crippen molar-refractivity contribution in [3.63, 3.8) is 0 Å². The minimum atomic E-state index is 0.751. The normalized spacial score (nSPS) is 24.8. The fourth-order valence-corrected chi connectivity index (χ4v) is 4.09. The Morgan fingerprint density at radius 2 is 1.14 bits per heavy atom. The molecule has 0 heteroatoms. The van der Waals surface area contributed by atoms with Gasteiger partial charge in [-0.1, -0.05) is 55.0 Å². The van der Waals surface area contributed by atoms with Crippen LogP contribution in [0.25, 0.3) is 0 Å². The molecule has 1 saturated carbocycles. The first kappa shape index (κ1) is 13.1. The van der Waals surface area contributed by atoms with Gasteiger partial charge in [0.05, 0.1) is 0 Å². The van der Waals surface area contributed by atoms with Crippen molar-refractivity contribution in [1.82, 2.24) is 0 Å². The Labute approximate surface area is 128 Å². The van der Waals surface area contributed by atoms with E-state index >= 15 is 0 Å². The highest BCUT2D eigenvalue weighted by molar-refractivity contribution is 5.36.